The lowest BCUT2D eigenvalue weighted by Gasteiger charge is -2.03. The summed E-state index contributed by atoms with van der Waals surface area (Å²) in [5, 5.41) is 36.6. The molecule has 4 rings (SSSR count). The normalized spacial score (nSPS) is 10.2. The van der Waals surface area contributed by atoms with Gasteiger partial charge in [0, 0.05) is 12.1 Å². The van der Waals surface area contributed by atoms with Crippen LogP contribution >= 0.6 is 0 Å². The molecular weight excluding hydrogens is 378 g/mol. The van der Waals surface area contributed by atoms with Crippen LogP contribution in [0.2, 0.25) is 0 Å². The van der Waals surface area contributed by atoms with Gasteiger partial charge >= 0.3 is 0 Å². The minimum absolute atomic E-state index is 0.274. The number of para-hydroxylation sites is 1. The summed E-state index contributed by atoms with van der Waals surface area (Å²) >= 11 is 0. The minimum atomic E-state index is -0.674. The van der Waals surface area contributed by atoms with Gasteiger partial charge in [0.25, 0.3) is 11.4 Å². The van der Waals surface area contributed by atoms with Crippen molar-refractivity contribution in [2.75, 3.05) is 0 Å². The summed E-state index contributed by atoms with van der Waals surface area (Å²) in [6, 6.07) is 19.6. The van der Waals surface area contributed by atoms with Crippen LogP contribution in [0, 0.1) is 32.4 Å². The Morgan fingerprint density at radius 1 is 0.862 bits per heavy atom. The SMILES string of the molecule is Cc1ccc(-n2nc3ccccc3[n+]2[O-])cc1.O=[N+]([O-])c1cccc([N+](=O)[O-])c1. The first-order valence-electron chi connectivity index (χ1n) is 8.40. The fourth-order valence-corrected chi connectivity index (χ4v) is 2.52. The zero-order chi connectivity index (χ0) is 21.0. The number of benzene rings is 3. The molecule has 0 saturated carbocycles. The lowest BCUT2D eigenvalue weighted by molar-refractivity contribution is -0.664. The lowest BCUT2D eigenvalue weighted by Crippen LogP contribution is -2.37. The molecule has 3 aromatic carbocycles. The Balaban J connectivity index is 0.000000177. The largest absolute Gasteiger partial charge is 0.692 e. The third-order valence-corrected chi connectivity index (χ3v) is 3.98. The number of hydrogen-bond acceptors (Lipinski definition) is 6. The van der Waals surface area contributed by atoms with E-state index in [1.165, 1.54) is 23.0 Å². The van der Waals surface area contributed by atoms with Crippen LogP contribution in [0.5, 0.6) is 0 Å². The number of hydrogen-bond donors (Lipinski definition) is 0. The molecule has 1 aromatic heterocycles. The number of nitro groups is 2. The molecular formula is C19H15N5O5. The van der Waals surface area contributed by atoms with Gasteiger partial charge in [0.05, 0.1) is 21.0 Å². The molecule has 0 fully saturated rings. The predicted octanol–water partition coefficient (Wildman–Crippen LogP) is 3.47. The molecule has 0 bridgehead atoms. The van der Waals surface area contributed by atoms with E-state index in [2.05, 4.69) is 5.10 Å². The van der Waals surface area contributed by atoms with E-state index in [1.807, 2.05) is 49.4 Å². The fourth-order valence-electron chi connectivity index (χ4n) is 2.52. The molecule has 1 heterocycles. The van der Waals surface area contributed by atoms with Gasteiger partial charge in [-0.1, -0.05) is 29.8 Å². The molecule has 0 atom stereocenters. The van der Waals surface area contributed by atoms with Crippen molar-refractivity contribution in [3.05, 3.63) is 104 Å². The van der Waals surface area contributed by atoms with Crippen LogP contribution in [0.15, 0.2) is 72.8 Å². The van der Waals surface area contributed by atoms with E-state index < -0.39 is 9.85 Å². The third-order valence-electron chi connectivity index (χ3n) is 3.98. The summed E-state index contributed by atoms with van der Waals surface area (Å²) in [6.07, 6.45) is 0. The molecule has 0 aliphatic rings. The van der Waals surface area contributed by atoms with Gasteiger partial charge in [-0.05, 0) is 42.1 Å². The molecule has 0 radical (unpaired) electrons. The first kappa shape index (κ1) is 19.4. The molecule has 29 heavy (non-hydrogen) atoms. The van der Waals surface area contributed by atoms with Gasteiger partial charge in [0.1, 0.15) is 5.69 Å². The number of aryl methyl sites for hydroxylation is 1. The van der Waals surface area contributed by atoms with Gasteiger partial charge in [-0.3, -0.25) is 20.2 Å². The molecule has 0 N–H and O–H groups in total. The maximum Gasteiger partial charge on any atom is 0.276 e. The quantitative estimate of drug-likeness (QED) is 0.227. The lowest BCUT2D eigenvalue weighted by atomic mass is 10.2. The maximum atomic E-state index is 12.0. The van der Waals surface area contributed by atoms with Gasteiger partial charge in [-0.15, -0.1) is 4.85 Å². The summed E-state index contributed by atoms with van der Waals surface area (Å²) in [4.78, 5) is 21.1. The van der Waals surface area contributed by atoms with Crippen LogP contribution in [-0.2, 0) is 0 Å². The number of aromatic nitrogens is 3. The number of non-ortho nitro benzene ring substituents is 2. The van der Waals surface area contributed by atoms with E-state index in [-0.39, 0.29) is 11.4 Å². The summed E-state index contributed by atoms with van der Waals surface area (Å²) in [7, 11) is 0. The van der Waals surface area contributed by atoms with E-state index in [1.54, 1.807) is 6.07 Å². The number of nitro benzene ring substituents is 2. The van der Waals surface area contributed by atoms with Crippen molar-refractivity contribution < 1.29 is 14.7 Å². The Bertz CT molecular complexity index is 1160. The van der Waals surface area contributed by atoms with E-state index in [4.69, 9.17) is 0 Å². The van der Waals surface area contributed by atoms with E-state index >= 15 is 0 Å². The molecule has 0 spiro atoms. The van der Waals surface area contributed by atoms with Crippen molar-refractivity contribution in [2.45, 2.75) is 6.92 Å². The zero-order valence-electron chi connectivity index (χ0n) is 15.2. The molecule has 10 heteroatoms. The van der Waals surface area contributed by atoms with Crippen molar-refractivity contribution in [2.24, 2.45) is 0 Å². The zero-order valence-corrected chi connectivity index (χ0v) is 15.2. The third kappa shape index (κ3) is 4.33. The second-order valence-electron chi connectivity index (χ2n) is 6.02. The average molecular weight is 393 g/mol. The number of fused-ring (bicyclic) bond motifs is 1. The van der Waals surface area contributed by atoms with E-state index in [9.17, 15) is 25.4 Å². The maximum absolute atomic E-state index is 12.0. The average Bonchev–Trinajstić information content (AvgIpc) is 3.06. The van der Waals surface area contributed by atoms with Crippen molar-refractivity contribution in [1.82, 2.24) is 9.90 Å². The fraction of sp³-hybridized carbons (Fsp3) is 0.0526. The molecule has 0 amide bonds. The highest BCUT2D eigenvalue weighted by atomic mass is 16.6. The monoisotopic (exact) mass is 393 g/mol. The molecule has 4 aromatic rings. The van der Waals surface area contributed by atoms with Crippen molar-refractivity contribution >= 4 is 22.4 Å². The van der Waals surface area contributed by atoms with E-state index in [0.29, 0.717) is 11.0 Å². The van der Waals surface area contributed by atoms with Crippen LogP contribution in [0.4, 0.5) is 11.4 Å². The van der Waals surface area contributed by atoms with Gasteiger partial charge < -0.3 is 5.21 Å². The Morgan fingerprint density at radius 3 is 2.00 bits per heavy atom. The first-order chi connectivity index (χ1) is 13.9. The highest BCUT2D eigenvalue weighted by Crippen LogP contribution is 2.18. The van der Waals surface area contributed by atoms with Crippen LogP contribution in [0.3, 0.4) is 0 Å². The van der Waals surface area contributed by atoms with Crippen LogP contribution in [-0.4, -0.2) is 19.7 Å². The van der Waals surface area contributed by atoms with Crippen molar-refractivity contribution in [3.63, 3.8) is 0 Å². The van der Waals surface area contributed by atoms with E-state index in [0.717, 1.165) is 22.2 Å². The number of rotatable bonds is 3. The second-order valence-corrected chi connectivity index (χ2v) is 6.02. The Labute approximate surface area is 164 Å². The molecule has 0 saturated heterocycles. The Hall–Kier alpha value is -4.34. The molecule has 0 unspecified atom stereocenters. The van der Waals surface area contributed by atoms with Gasteiger partial charge in [0.2, 0.25) is 11.0 Å². The number of nitrogens with zero attached hydrogens (tertiary/aromatic N) is 5. The Kier molecular flexibility index (Phi) is 5.44. The van der Waals surface area contributed by atoms with Crippen molar-refractivity contribution in [3.8, 4) is 5.69 Å². The van der Waals surface area contributed by atoms with Crippen LogP contribution in [0.25, 0.3) is 16.7 Å². The first-order valence-corrected chi connectivity index (χ1v) is 8.40. The summed E-state index contributed by atoms with van der Waals surface area (Å²) in [6.45, 7) is 2.01. The summed E-state index contributed by atoms with van der Waals surface area (Å²) in [5.41, 5.74) is 2.65. The van der Waals surface area contributed by atoms with Gasteiger partial charge in [-0.2, -0.15) is 0 Å². The highest BCUT2D eigenvalue weighted by molar-refractivity contribution is 5.70. The molecule has 0 aliphatic heterocycles. The Morgan fingerprint density at radius 2 is 1.45 bits per heavy atom. The van der Waals surface area contributed by atoms with Gasteiger partial charge in [-0.25, -0.2) is 0 Å². The molecule has 146 valence electrons. The van der Waals surface area contributed by atoms with Crippen LogP contribution in [0.1, 0.15) is 5.56 Å². The minimum Gasteiger partial charge on any atom is -0.692 e. The molecule has 10 nitrogen and oxygen atoms in total. The predicted molar refractivity (Wildman–Crippen MR) is 105 cm³/mol. The second kappa shape index (κ2) is 8.13. The van der Waals surface area contributed by atoms with Gasteiger partial charge in [0.15, 0.2) is 0 Å². The highest BCUT2D eigenvalue weighted by Gasteiger charge is 2.14. The molecule has 0 aliphatic carbocycles. The van der Waals surface area contributed by atoms with Crippen molar-refractivity contribution in [1.29, 1.82) is 0 Å². The summed E-state index contributed by atoms with van der Waals surface area (Å²) < 4.78 is 0. The smallest absolute Gasteiger partial charge is 0.276 e. The topological polar surface area (TPSA) is 131 Å². The standard InChI is InChI=1S/C13H11N3O.C6H4N2O4/c1-10-6-8-11(9-7-10)15-14-12-4-2-3-5-13(12)16(15)17;9-7(10)5-2-1-3-6(4-5)8(11)12/h2-9H,1H3;1-4H. The summed E-state index contributed by atoms with van der Waals surface area (Å²) in [5.74, 6) is 0. The van der Waals surface area contributed by atoms with Crippen LogP contribution < -0.4 is 4.85 Å².